The number of carboxylic acids is 1. The van der Waals surface area contributed by atoms with Crippen molar-refractivity contribution >= 4 is 22.8 Å². The molecule has 25 heavy (non-hydrogen) atoms. The van der Waals surface area contributed by atoms with Gasteiger partial charge < -0.3 is 15.4 Å². The highest BCUT2D eigenvalue weighted by atomic mass is 16.4. The predicted octanol–water partition coefficient (Wildman–Crippen LogP) is 1.01. The first kappa shape index (κ1) is 18.4. The fourth-order valence-corrected chi connectivity index (χ4v) is 2.58. The number of carbonyl (C=O) groups excluding carboxylic acids is 1. The van der Waals surface area contributed by atoms with E-state index < -0.39 is 29.2 Å². The molecule has 0 spiro atoms. The van der Waals surface area contributed by atoms with Crippen molar-refractivity contribution in [3.05, 3.63) is 45.1 Å². The van der Waals surface area contributed by atoms with Crippen molar-refractivity contribution in [3.8, 4) is 0 Å². The lowest BCUT2D eigenvalue weighted by Crippen LogP contribution is -2.43. The van der Waals surface area contributed by atoms with Gasteiger partial charge in [0.15, 0.2) is 0 Å². The van der Waals surface area contributed by atoms with Crippen LogP contribution in [0, 0.1) is 0 Å². The Bertz CT molecular complexity index is 884. The van der Waals surface area contributed by atoms with E-state index in [1.54, 1.807) is 24.3 Å². The molecule has 0 radical (unpaired) electrons. The van der Waals surface area contributed by atoms with Crippen LogP contribution in [0.3, 0.4) is 0 Å². The minimum atomic E-state index is -0.945. The highest BCUT2D eigenvalue weighted by Gasteiger charge is 2.19. The van der Waals surface area contributed by atoms with Crippen LogP contribution in [0.4, 0.5) is 0 Å². The molecule has 0 aliphatic carbocycles. The monoisotopic (exact) mass is 347 g/mol. The first-order chi connectivity index (χ1) is 11.9. The van der Waals surface area contributed by atoms with Crippen LogP contribution in [0.25, 0.3) is 10.9 Å². The summed E-state index contributed by atoms with van der Waals surface area (Å²) in [5.41, 5.74) is -0.712. The maximum absolute atomic E-state index is 12.5. The first-order valence-electron chi connectivity index (χ1n) is 8.15. The first-order valence-corrected chi connectivity index (χ1v) is 8.15. The average Bonchev–Trinajstić information content (AvgIpc) is 2.57. The van der Waals surface area contributed by atoms with Crippen molar-refractivity contribution in [1.29, 1.82) is 0 Å². The number of carboxylic acid groups (broad SMARTS) is 1. The summed E-state index contributed by atoms with van der Waals surface area (Å²) in [5, 5.41) is 11.6. The lowest BCUT2D eigenvalue weighted by Gasteiger charge is -2.14. The molecule has 0 fully saturated rings. The van der Waals surface area contributed by atoms with Crippen molar-refractivity contribution < 1.29 is 14.7 Å². The van der Waals surface area contributed by atoms with E-state index in [1.807, 2.05) is 0 Å². The van der Waals surface area contributed by atoms with Crippen LogP contribution in [0.15, 0.2) is 33.9 Å². The van der Waals surface area contributed by atoms with Gasteiger partial charge in [0, 0.05) is 13.0 Å². The summed E-state index contributed by atoms with van der Waals surface area (Å²) in [7, 11) is 0. The number of aromatic nitrogens is 2. The van der Waals surface area contributed by atoms with Gasteiger partial charge in [-0.2, -0.15) is 0 Å². The molecule has 2 aromatic rings. The fourth-order valence-electron chi connectivity index (χ4n) is 2.58. The number of nitrogens with one attached hydrogen (secondary N) is 2. The molecule has 1 heterocycles. The normalized spacial score (nSPS) is 12.0. The molecular weight excluding hydrogens is 326 g/mol. The number of rotatable bonds is 8. The van der Waals surface area contributed by atoms with E-state index in [9.17, 15) is 19.2 Å². The van der Waals surface area contributed by atoms with Crippen LogP contribution in [0.1, 0.15) is 38.6 Å². The molecule has 0 aliphatic rings. The Morgan fingerprint density at radius 3 is 2.64 bits per heavy atom. The number of benzene rings is 1. The standard InChI is InChI=1S/C17H21N3O5/c1-11(15(23)18-10-6-2-3-9-14(21)22)20-16(24)12-7-4-5-8-13(12)19-17(20)25/h4-5,7-8,11H,2-3,6,9-10H2,1H3,(H,18,23)(H,19,25)(H,21,22)/t11-/m0/s1. The SMILES string of the molecule is C[C@@H](C(=O)NCCCCCC(=O)O)n1c(=O)[nH]c2ccccc2c1=O. The van der Waals surface area contributed by atoms with Crippen LogP contribution in [0.2, 0.25) is 0 Å². The Balaban J connectivity index is 2.02. The van der Waals surface area contributed by atoms with Gasteiger partial charge in [-0.3, -0.25) is 14.4 Å². The maximum atomic E-state index is 12.5. The third kappa shape index (κ3) is 4.56. The zero-order valence-electron chi connectivity index (χ0n) is 13.9. The summed E-state index contributed by atoms with van der Waals surface area (Å²) in [6.45, 7) is 1.86. The second kappa shape index (κ2) is 8.27. The zero-order valence-corrected chi connectivity index (χ0v) is 13.9. The van der Waals surface area contributed by atoms with E-state index in [2.05, 4.69) is 10.3 Å². The Morgan fingerprint density at radius 2 is 1.92 bits per heavy atom. The molecule has 1 amide bonds. The van der Waals surface area contributed by atoms with Gasteiger partial charge in [0.1, 0.15) is 6.04 Å². The van der Waals surface area contributed by atoms with Gasteiger partial charge >= 0.3 is 11.7 Å². The molecule has 0 saturated carbocycles. The smallest absolute Gasteiger partial charge is 0.329 e. The number of aromatic amines is 1. The number of hydrogen-bond acceptors (Lipinski definition) is 4. The number of nitrogens with zero attached hydrogens (tertiary/aromatic N) is 1. The number of amides is 1. The summed E-state index contributed by atoms with van der Waals surface area (Å²) in [5.74, 6) is -1.27. The van der Waals surface area contributed by atoms with Crippen LogP contribution in [0.5, 0.6) is 0 Å². The minimum absolute atomic E-state index is 0.103. The van der Waals surface area contributed by atoms with E-state index >= 15 is 0 Å². The third-order valence-corrected chi connectivity index (χ3v) is 3.97. The third-order valence-electron chi connectivity index (χ3n) is 3.97. The minimum Gasteiger partial charge on any atom is -0.481 e. The topological polar surface area (TPSA) is 121 Å². The fraction of sp³-hybridized carbons (Fsp3) is 0.412. The summed E-state index contributed by atoms with van der Waals surface area (Å²) < 4.78 is 0.905. The number of hydrogen-bond donors (Lipinski definition) is 3. The Kier molecular flexibility index (Phi) is 6.10. The number of para-hydroxylation sites is 1. The van der Waals surface area contributed by atoms with E-state index in [0.717, 1.165) is 4.57 Å². The molecule has 0 aliphatic heterocycles. The van der Waals surface area contributed by atoms with Crippen LogP contribution in [-0.2, 0) is 9.59 Å². The van der Waals surface area contributed by atoms with Gasteiger partial charge in [-0.15, -0.1) is 0 Å². The second-order valence-electron chi connectivity index (χ2n) is 5.82. The highest BCUT2D eigenvalue weighted by Crippen LogP contribution is 2.06. The van der Waals surface area contributed by atoms with Crippen molar-refractivity contribution in [3.63, 3.8) is 0 Å². The average molecular weight is 347 g/mol. The Labute approximate surface area is 143 Å². The van der Waals surface area contributed by atoms with Crippen molar-refractivity contribution in [2.75, 3.05) is 6.54 Å². The Morgan fingerprint density at radius 1 is 1.20 bits per heavy atom. The van der Waals surface area contributed by atoms with Gasteiger partial charge in [0.05, 0.1) is 10.9 Å². The lowest BCUT2D eigenvalue weighted by atomic mass is 10.2. The van der Waals surface area contributed by atoms with Crippen molar-refractivity contribution in [2.24, 2.45) is 0 Å². The summed E-state index contributed by atoms with van der Waals surface area (Å²) in [6, 6.07) is 5.68. The largest absolute Gasteiger partial charge is 0.481 e. The van der Waals surface area contributed by atoms with Crippen LogP contribution < -0.4 is 16.6 Å². The molecule has 0 saturated heterocycles. The molecule has 1 aromatic heterocycles. The zero-order chi connectivity index (χ0) is 18.4. The van der Waals surface area contributed by atoms with E-state index in [0.29, 0.717) is 36.7 Å². The second-order valence-corrected chi connectivity index (χ2v) is 5.82. The van der Waals surface area contributed by atoms with Crippen LogP contribution in [-0.4, -0.2) is 33.1 Å². The quantitative estimate of drug-likeness (QED) is 0.615. The van der Waals surface area contributed by atoms with Gasteiger partial charge in [0.2, 0.25) is 5.91 Å². The maximum Gasteiger partial charge on any atom is 0.329 e. The molecule has 1 aromatic carbocycles. The molecule has 1 atom stereocenters. The number of carbonyl (C=O) groups is 2. The van der Waals surface area contributed by atoms with Gasteiger partial charge in [-0.05, 0) is 31.9 Å². The van der Waals surface area contributed by atoms with E-state index in [-0.39, 0.29) is 6.42 Å². The number of unbranched alkanes of at least 4 members (excludes halogenated alkanes) is 2. The van der Waals surface area contributed by atoms with Crippen molar-refractivity contribution in [1.82, 2.24) is 14.9 Å². The molecule has 0 unspecified atom stereocenters. The molecule has 0 bridgehead atoms. The Hall–Kier alpha value is -2.90. The van der Waals surface area contributed by atoms with E-state index in [1.165, 1.54) is 6.92 Å². The summed E-state index contributed by atoms with van der Waals surface area (Å²) >= 11 is 0. The van der Waals surface area contributed by atoms with Gasteiger partial charge in [-0.25, -0.2) is 9.36 Å². The molecule has 8 heteroatoms. The van der Waals surface area contributed by atoms with E-state index in [4.69, 9.17) is 5.11 Å². The molecule has 3 N–H and O–H groups in total. The van der Waals surface area contributed by atoms with Crippen LogP contribution >= 0.6 is 0 Å². The summed E-state index contributed by atoms with van der Waals surface area (Å²) in [6.07, 6.45) is 1.96. The lowest BCUT2D eigenvalue weighted by molar-refractivity contribution is -0.137. The highest BCUT2D eigenvalue weighted by molar-refractivity contribution is 5.81. The number of H-pyrrole nitrogens is 1. The van der Waals surface area contributed by atoms with Gasteiger partial charge in [-0.1, -0.05) is 18.6 Å². The molecule has 2 rings (SSSR count). The van der Waals surface area contributed by atoms with Gasteiger partial charge in [0.25, 0.3) is 5.56 Å². The number of aliphatic carboxylic acids is 1. The molecule has 134 valence electrons. The molecular formula is C17H21N3O5. The van der Waals surface area contributed by atoms with Crippen molar-refractivity contribution in [2.45, 2.75) is 38.6 Å². The predicted molar refractivity (Wildman–Crippen MR) is 92.7 cm³/mol. The molecule has 8 nitrogen and oxygen atoms in total. The number of fused-ring (bicyclic) bond motifs is 1. The summed E-state index contributed by atoms with van der Waals surface area (Å²) in [4.78, 5) is 49.8.